The zero-order valence-electron chi connectivity index (χ0n) is 15.8. The van der Waals surface area contributed by atoms with Crippen LogP contribution >= 0.6 is 0 Å². The lowest BCUT2D eigenvalue weighted by molar-refractivity contribution is -0.0537. The monoisotopic (exact) mass is 294 g/mol. The Balaban J connectivity index is 1.70. The Hall–Kier alpha value is -0.0800. The first-order chi connectivity index (χ1) is 9.39. The molecule has 2 heteroatoms. The largest absolute Gasteiger partial charge is 0.298 e. The quantitative estimate of drug-likeness (QED) is 0.764. The Morgan fingerprint density at radius 1 is 0.762 bits per heavy atom. The molecule has 2 aliphatic heterocycles. The molecule has 0 unspecified atom stereocenters. The topological polar surface area (TPSA) is 6.48 Å². The summed E-state index contributed by atoms with van der Waals surface area (Å²) in [5.74, 6) is 1.82. The van der Waals surface area contributed by atoms with Gasteiger partial charge in [0.15, 0.2) is 0 Å². The molecule has 2 fully saturated rings. The van der Waals surface area contributed by atoms with Crippen molar-refractivity contribution in [3.8, 4) is 0 Å². The fourth-order valence-electron chi connectivity index (χ4n) is 3.54. The molecule has 2 nitrogen and oxygen atoms in total. The van der Waals surface area contributed by atoms with Gasteiger partial charge in [-0.3, -0.25) is 9.80 Å². The summed E-state index contributed by atoms with van der Waals surface area (Å²) in [4.78, 5) is 5.33. The van der Waals surface area contributed by atoms with E-state index in [9.17, 15) is 0 Å². The molecule has 0 amide bonds. The van der Waals surface area contributed by atoms with Crippen molar-refractivity contribution in [1.29, 1.82) is 0 Å². The van der Waals surface area contributed by atoms with Gasteiger partial charge in [0.25, 0.3) is 0 Å². The van der Waals surface area contributed by atoms with Crippen molar-refractivity contribution in [1.82, 2.24) is 9.80 Å². The van der Waals surface area contributed by atoms with Crippen molar-refractivity contribution in [2.24, 2.45) is 17.3 Å². The average Bonchev–Trinajstić information content (AvgIpc) is 2.05. The van der Waals surface area contributed by atoms with Crippen molar-refractivity contribution < 1.29 is 0 Å². The van der Waals surface area contributed by atoms with E-state index in [-0.39, 0.29) is 0 Å². The first-order valence-corrected chi connectivity index (χ1v) is 8.90. The summed E-state index contributed by atoms with van der Waals surface area (Å²) in [6, 6.07) is 0. The highest BCUT2D eigenvalue weighted by molar-refractivity contribution is 4.97. The molecule has 2 aliphatic rings. The van der Waals surface area contributed by atoms with Crippen LogP contribution in [0, 0.1) is 17.3 Å². The van der Waals surface area contributed by atoms with Gasteiger partial charge in [0.05, 0.1) is 0 Å². The summed E-state index contributed by atoms with van der Waals surface area (Å²) in [6.45, 7) is 24.3. The average molecular weight is 295 g/mol. The molecule has 21 heavy (non-hydrogen) atoms. The van der Waals surface area contributed by atoms with E-state index < -0.39 is 0 Å². The lowest BCUT2D eigenvalue weighted by Crippen LogP contribution is -2.61. The van der Waals surface area contributed by atoms with Crippen molar-refractivity contribution >= 4 is 0 Å². The molecule has 0 atom stereocenters. The van der Waals surface area contributed by atoms with E-state index in [1.165, 1.54) is 39.0 Å². The minimum absolute atomic E-state index is 0.365. The van der Waals surface area contributed by atoms with Crippen molar-refractivity contribution in [2.45, 2.75) is 79.3 Å². The van der Waals surface area contributed by atoms with Crippen LogP contribution in [-0.4, -0.2) is 47.1 Å². The summed E-state index contributed by atoms with van der Waals surface area (Å²) >= 11 is 0. The number of hydrogen-bond acceptors (Lipinski definition) is 2. The molecule has 0 spiro atoms. The predicted octanol–water partition coefficient (Wildman–Crippen LogP) is 4.25. The molecule has 124 valence electrons. The molecule has 0 aromatic heterocycles. The highest BCUT2D eigenvalue weighted by Gasteiger charge is 2.42. The molecular formula is C19H38N2. The van der Waals surface area contributed by atoms with Crippen LogP contribution in [0.5, 0.6) is 0 Å². The first-order valence-electron chi connectivity index (χ1n) is 8.90. The van der Waals surface area contributed by atoms with E-state index >= 15 is 0 Å². The van der Waals surface area contributed by atoms with Crippen LogP contribution in [0.4, 0.5) is 0 Å². The van der Waals surface area contributed by atoms with Gasteiger partial charge in [-0.05, 0) is 64.7 Å². The predicted molar refractivity (Wildman–Crippen MR) is 92.6 cm³/mol. The number of likely N-dealkylation sites (tertiary alicyclic amines) is 2. The fraction of sp³-hybridized carbons (Fsp3) is 1.00. The summed E-state index contributed by atoms with van der Waals surface area (Å²) < 4.78 is 0. The highest BCUT2D eigenvalue weighted by Crippen LogP contribution is 2.39. The van der Waals surface area contributed by atoms with Gasteiger partial charge in [-0.25, -0.2) is 0 Å². The molecule has 0 bridgehead atoms. The molecule has 2 heterocycles. The van der Waals surface area contributed by atoms with Gasteiger partial charge >= 0.3 is 0 Å². The maximum Gasteiger partial charge on any atom is 0.0153 e. The zero-order valence-corrected chi connectivity index (χ0v) is 15.8. The smallest absolute Gasteiger partial charge is 0.0153 e. The van der Waals surface area contributed by atoms with E-state index in [2.05, 4.69) is 65.2 Å². The summed E-state index contributed by atoms with van der Waals surface area (Å²) in [5, 5.41) is 0. The second-order valence-electron chi connectivity index (χ2n) is 10.3. The number of nitrogens with zero attached hydrogens (tertiary/aromatic N) is 2. The molecule has 0 saturated carbocycles. The lowest BCUT2D eigenvalue weighted by Gasteiger charge is -2.54. The Labute approximate surface area is 133 Å². The van der Waals surface area contributed by atoms with Crippen LogP contribution in [0.15, 0.2) is 0 Å². The SMILES string of the molecule is CC(C)(C)C1CN(C(C)(C)CCC2CN(C(C)(C)C)C2)C1. The molecule has 2 rings (SSSR count). The highest BCUT2D eigenvalue weighted by atomic mass is 15.3. The van der Waals surface area contributed by atoms with E-state index in [0.717, 1.165) is 11.8 Å². The Kier molecular flexibility index (Phi) is 4.55. The fourth-order valence-corrected chi connectivity index (χ4v) is 3.54. The zero-order chi connectivity index (χ0) is 16.1. The maximum absolute atomic E-state index is 2.71. The van der Waals surface area contributed by atoms with Gasteiger partial charge in [-0.2, -0.15) is 0 Å². The Morgan fingerprint density at radius 3 is 1.71 bits per heavy atom. The number of hydrogen-bond donors (Lipinski definition) is 0. The van der Waals surface area contributed by atoms with Crippen molar-refractivity contribution in [2.75, 3.05) is 26.2 Å². The molecule has 2 saturated heterocycles. The number of rotatable bonds is 4. The summed E-state index contributed by atoms with van der Waals surface area (Å²) in [7, 11) is 0. The van der Waals surface area contributed by atoms with Gasteiger partial charge in [-0.15, -0.1) is 0 Å². The summed E-state index contributed by atoms with van der Waals surface area (Å²) in [5.41, 5.74) is 1.24. The van der Waals surface area contributed by atoms with Crippen LogP contribution in [0.2, 0.25) is 0 Å². The molecule has 0 radical (unpaired) electrons. The second kappa shape index (κ2) is 5.53. The third-order valence-electron chi connectivity index (χ3n) is 6.03. The summed E-state index contributed by atoms with van der Waals surface area (Å²) in [6.07, 6.45) is 2.75. The maximum atomic E-state index is 2.71. The molecule has 0 aliphatic carbocycles. The molecule has 0 aromatic carbocycles. The standard InChI is InChI=1S/C19H38N2/c1-17(2,3)16-13-21(14-16)19(7,8)10-9-15-11-20(12-15)18(4,5)6/h15-16H,9-14H2,1-8H3. The normalized spacial score (nSPS) is 24.0. The van der Waals surface area contributed by atoms with E-state index in [1.807, 2.05) is 0 Å². The van der Waals surface area contributed by atoms with Crippen LogP contribution in [0.3, 0.4) is 0 Å². The van der Waals surface area contributed by atoms with Gasteiger partial charge < -0.3 is 0 Å². The van der Waals surface area contributed by atoms with E-state index in [0.29, 0.717) is 16.5 Å². The van der Waals surface area contributed by atoms with Gasteiger partial charge in [0, 0.05) is 37.3 Å². The van der Waals surface area contributed by atoms with Crippen LogP contribution < -0.4 is 0 Å². The minimum atomic E-state index is 0.365. The molecular weight excluding hydrogens is 256 g/mol. The Morgan fingerprint density at radius 2 is 1.29 bits per heavy atom. The Bertz CT molecular complexity index is 347. The molecule has 0 aromatic rings. The first kappa shape index (κ1) is 17.3. The van der Waals surface area contributed by atoms with Crippen LogP contribution in [-0.2, 0) is 0 Å². The van der Waals surface area contributed by atoms with E-state index in [1.54, 1.807) is 0 Å². The van der Waals surface area contributed by atoms with Crippen LogP contribution in [0.1, 0.15) is 68.2 Å². The van der Waals surface area contributed by atoms with Crippen molar-refractivity contribution in [3.05, 3.63) is 0 Å². The van der Waals surface area contributed by atoms with Gasteiger partial charge in [0.2, 0.25) is 0 Å². The minimum Gasteiger partial charge on any atom is -0.298 e. The third kappa shape index (κ3) is 4.01. The van der Waals surface area contributed by atoms with Crippen molar-refractivity contribution in [3.63, 3.8) is 0 Å². The van der Waals surface area contributed by atoms with Gasteiger partial charge in [0.1, 0.15) is 0 Å². The van der Waals surface area contributed by atoms with Crippen LogP contribution in [0.25, 0.3) is 0 Å². The second-order valence-corrected chi connectivity index (χ2v) is 10.3. The van der Waals surface area contributed by atoms with E-state index in [4.69, 9.17) is 0 Å². The van der Waals surface area contributed by atoms with Gasteiger partial charge in [-0.1, -0.05) is 20.8 Å². The molecule has 0 N–H and O–H groups in total. The third-order valence-corrected chi connectivity index (χ3v) is 6.03. The lowest BCUT2D eigenvalue weighted by atomic mass is 9.73.